The fourth-order valence-electron chi connectivity index (χ4n) is 2.96. The summed E-state index contributed by atoms with van der Waals surface area (Å²) in [6, 6.07) is 7.65. The first-order valence-electron chi connectivity index (χ1n) is 9.45. The standard InChI is InChI=1S/C22H27NO6/c1-13-8-10-17(11-9-13)28-12-6-7-18(24)29-16(4)21(25)20-14(2)19(15(3)23-20)22(26)27-5/h8-11,16,23H,6-7,12H2,1-5H3/t16-/m1/s1. The van der Waals surface area contributed by atoms with Gasteiger partial charge in [0.15, 0.2) is 6.10 Å². The summed E-state index contributed by atoms with van der Waals surface area (Å²) >= 11 is 0. The van der Waals surface area contributed by atoms with Gasteiger partial charge >= 0.3 is 11.9 Å². The Bertz CT molecular complexity index is 881. The number of carbonyl (C=O) groups is 3. The molecule has 0 bridgehead atoms. The van der Waals surface area contributed by atoms with Crippen LogP contribution in [0.4, 0.5) is 0 Å². The second kappa shape index (κ2) is 9.91. The summed E-state index contributed by atoms with van der Waals surface area (Å²) in [6.07, 6.45) is -0.358. The Morgan fingerprint density at radius 1 is 1.07 bits per heavy atom. The van der Waals surface area contributed by atoms with E-state index in [1.54, 1.807) is 13.8 Å². The van der Waals surface area contributed by atoms with Crippen LogP contribution in [0, 0.1) is 20.8 Å². The van der Waals surface area contributed by atoms with E-state index in [2.05, 4.69) is 4.98 Å². The number of aromatic amines is 1. The molecule has 0 amide bonds. The van der Waals surface area contributed by atoms with E-state index in [1.165, 1.54) is 14.0 Å². The number of ketones is 1. The summed E-state index contributed by atoms with van der Waals surface area (Å²) in [5, 5.41) is 0. The maximum atomic E-state index is 12.6. The third-order valence-corrected chi connectivity index (χ3v) is 4.57. The van der Waals surface area contributed by atoms with Crippen molar-refractivity contribution < 1.29 is 28.6 Å². The number of H-pyrrole nitrogens is 1. The predicted octanol–water partition coefficient (Wildman–Crippen LogP) is 3.70. The predicted molar refractivity (Wildman–Crippen MR) is 107 cm³/mol. The van der Waals surface area contributed by atoms with Gasteiger partial charge in [-0.2, -0.15) is 0 Å². The second-order valence-electron chi connectivity index (χ2n) is 6.88. The smallest absolute Gasteiger partial charge is 0.339 e. The molecule has 0 aliphatic rings. The average Bonchev–Trinajstić information content (AvgIpc) is 2.99. The first-order valence-corrected chi connectivity index (χ1v) is 9.45. The number of esters is 2. The zero-order chi connectivity index (χ0) is 21.6. The maximum absolute atomic E-state index is 12.6. The highest BCUT2D eigenvalue weighted by atomic mass is 16.5. The Kier molecular flexibility index (Phi) is 7.59. The van der Waals surface area contributed by atoms with Crippen molar-refractivity contribution in [3.8, 4) is 5.75 Å². The van der Waals surface area contributed by atoms with Crippen LogP contribution in [0.3, 0.4) is 0 Å². The SMILES string of the molecule is COC(=O)c1c(C)[nH]c(C(=O)[C@@H](C)OC(=O)CCCOc2ccc(C)cc2)c1C. The van der Waals surface area contributed by atoms with Crippen molar-refractivity contribution in [1.29, 1.82) is 0 Å². The molecule has 0 spiro atoms. The molecule has 0 aliphatic heterocycles. The van der Waals surface area contributed by atoms with Gasteiger partial charge in [0, 0.05) is 12.1 Å². The number of aryl methyl sites for hydroxylation is 2. The zero-order valence-corrected chi connectivity index (χ0v) is 17.5. The van der Waals surface area contributed by atoms with Crippen LogP contribution in [0.25, 0.3) is 0 Å². The quantitative estimate of drug-likeness (QED) is 0.391. The average molecular weight is 401 g/mol. The van der Waals surface area contributed by atoms with Gasteiger partial charge in [0.1, 0.15) is 5.75 Å². The molecule has 1 heterocycles. The minimum Gasteiger partial charge on any atom is -0.494 e. The second-order valence-corrected chi connectivity index (χ2v) is 6.88. The summed E-state index contributed by atoms with van der Waals surface area (Å²) in [5.74, 6) is -0.655. The molecule has 0 radical (unpaired) electrons. The van der Waals surface area contributed by atoms with Gasteiger partial charge in [0.05, 0.1) is 25.0 Å². The van der Waals surface area contributed by atoms with Crippen molar-refractivity contribution in [3.63, 3.8) is 0 Å². The molecule has 0 saturated heterocycles. The Hall–Kier alpha value is -3.09. The van der Waals surface area contributed by atoms with E-state index < -0.39 is 23.8 Å². The number of benzene rings is 1. The lowest BCUT2D eigenvalue weighted by Crippen LogP contribution is -2.25. The van der Waals surface area contributed by atoms with Crippen LogP contribution in [0.15, 0.2) is 24.3 Å². The fourth-order valence-corrected chi connectivity index (χ4v) is 2.96. The highest BCUT2D eigenvalue weighted by molar-refractivity contribution is 6.03. The van der Waals surface area contributed by atoms with Crippen molar-refractivity contribution in [2.24, 2.45) is 0 Å². The zero-order valence-electron chi connectivity index (χ0n) is 17.5. The highest BCUT2D eigenvalue weighted by Crippen LogP contribution is 2.21. The molecule has 7 heteroatoms. The van der Waals surface area contributed by atoms with Crippen LogP contribution in [0.5, 0.6) is 5.75 Å². The molecule has 0 fully saturated rings. The Morgan fingerprint density at radius 2 is 1.72 bits per heavy atom. The molecule has 1 atom stereocenters. The first-order chi connectivity index (χ1) is 13.7. The lowest BCUT2D eigenvalue weighted by molar-refractivity contribution is -0.146. The highest BCUT2D eigenvalue weighted by Gasteiger charge is 2.27. The number of ether oxygens (including phenoxy) is 3. The Labute approximate surface area is 170 Å². The molecule has 1 aromatic carbocycles. The molecule has 0 unspecified atom stereocenters. The minimum absolute atomic E-state index is 0.139. The molecule has 0 aliphatic carbocycles. The largest absolute Gasteiger partial charge is 0.494 e. The minimum atomic E-state index is -0.970. The van der Waals surface area contributed by atoms with Gasteiger partial charge in [-0.1, -0.05) is 17.7 Å². The van der Waals surface area contributed by atoms with Gasteiger partial charge in [-0.15, -0.1) is 0 Å². The summed E-state index contributed by atoms with van der Waals surface area (Å²) in [7, 11) is 1.28. The van der Waals surface area contributed by atoms with Crippen molar-refractivity contribution in [2.75, 3.05) is 13.7 Å². The molecular weight excluding hydrogens is 374 g/mol. The van der Waals surface area contributed by atoms with E-state index >= 15 is 0 Å². The molecule has 156 valence electrons. The number of nitrogens with one attached hydrogen (secondary N) is 1. The molecule has 1 aromatic heterocycles. The van der Waals surface area contributed by atoms with E-state index in [0.29, 0.717) is 29.8 Å². The molecule has 2 aromatic rings. The third kappa shape index (κ3) is 5.70. The van der Waals surface area contributed by atoms with Crippen molar-refractivity contribution in [3.05, 3.63) is 52.3 Å². The molecule has 0 saturated carbocycles. The molecule has 29 heavy (non-hydrogen) atoms. The number of rotatable bonds is 9. The number of Topliss-reactive ketones (excluding diaryl/α,β-unsaturated/α-hetero) is 1. The van der Waals surface area contributed by atoms with E-state index in [1.807, 2.05) is 31.2 Å². The summed E-state index contributed by atoms with van der Waals surface area (Å²) in [4.78, 5) is 39.4. The molecule has 2 rings (SSSR count). The Morgan fingerprint density at radius 3 is 2.34 bits per heavy atom. The number of methoxy groups -OCH3 is 1. The van der Waals surface area contributed by atoms with E-state index in [9.17, 15) is 14.4 Å². The van der Waals surface area contributed by atoms with Crippen LogP contribution >= 0.6 is 0 Å². The monoisotopic (exact) mass is 401 g/mol. The summed E-state index contributed by atoms with van der Waals surface area (Å²) in [5.41, 5.74) is 2.72. The van der Waals surface area contributed by atoms with Crippen LogP contribution in [-0.4, -0.2) is 42.5 Å². The van der Waals surface area contributed by atoms with E-state index in [0.717, 1.165) is 11.3 Å². The lowest BCUT2D eigenvalue weighted by Gasteiger charge is -2.12. The van der Waals surface area contributed by atoms with Gasteiger partial charge in [-0.3, -0.25) is 9.59 Å². The maximum Gasteiger partial charge on any atom is 0.339 e. The number of carbonyl (C=O) groups excluding carboxylic acids is 3. The normalized spacial score (nSPS) is 11.6. The van der Waals surface area contributed by atoms with Crippen LogP contribution in [-0.2, 0) is 14.3 Å². The number of hydrogen-bond acceptors (Lipinski definition) is 6. The van der Waals surface area contributed by atoms with Gasteiger partial charge in [0.2, 0.25) is 5.78 Å². The van der Waals surface area contributed by atoms with Crippen LogP contribution in [0.1, 0.15) is 57.4 Å². The Balaban J connectivity index is 1.85. The van der Waals surface area contributed by atoms with Crippen molar-refractivity contribution in [2.45, 2.75) is 46.6 Å². The van der Waals surface area contributed by atoms with Gasteiger partial charge in [0.25, 0.3) is 0 Å². The lowest BCUT2D eigenvalue weighted by atomic mass is 10.1. The molecule has 7 nitrogen and oxygen atoms in total. The fraction of sp³-hybridized carbons (Fsp3) is 0.409. The van der Waals surface area contributed by atoms with E-state index in [4.69, 9.17) is 14.2 Å². The third-order valence-electron chi connectivity index (χ3n) is 4.57. The summed E-state index contributed by atoms with van der Waals surface area (Å²) < 4.78 is 15.6. The topological polar surface area (TPSA) is 94.7 Å². The van der Waals surface area contributed by atoms with Crippen molar-refractivity contribution >= 4 is 17.7 Å². The van der Waals surface area contributed by atoms with Gasteiger partial charge < -0.3 is 19.2 Å². The molecular formula is C22H27NO6. The molecule has 1 N–H and O–H groups in total. The van der Waals surface area contributed by atoms with Gasteiger partial charge in [-0.05, 0) is 51.8 Å². The van der Waals surface area contributed by atoms with Crippen LogP contribution in [0.2, 0.25) is 0 Å². The first kappa shape index (κ1) is 22.2. The van der Waals surface area contributed by atoms with Gasteiger partial charge in [-0.25, -0.2) is 4.79 Å². The summed E-state index contributed by atoms with van der Waals surface area (Å²) in [6.45, 7) is 7.21. The van der Waals surface area contributed by atoms with Crippen LogP contribution < -0.4 is 4.74 Å². The number of aromatic nitrogens is 1. The number of hydrogen-bond donors (Lipinski definition) is 1. The van der Waals surface area contributed by atoms with E-state index in [-0.39, 0.29) is 12.1 Å². The van der Waals surface area contributed by atoms with Crippen molar-refractivity contribution in [1.82, 2.24) is 4.98 Å².